The molecule has 0 aromatic carbocycles. The van der Waals surface area contributed by atoms with Crippen LogP contribution in [0.4, 0.5) is 0 Å². The highest BCUT2D eigenvalue weighted by Gasteiger charge is 2.46. The lowest BCUT2D eigenvalue weighted by molar-refractivity contribution is -0.152. The van der Waals surface area contributed by atoms with Gasteiger partial charge < -0.3 is 4.74 Å². The van der Waals surface area contributed by atoms with Crippen molar-refractivity contribution in [1.82, 2.24) is 5.01 Å². The fourth-order valence-corrected chi connectivity index (χ4v) is 2.35. The van der Waals surface area contributed by atoms with Crippen LogP contribution in [0.25, 0.3) is 0 Å². The molecule has 78 valence electrons. The minimum Gasteiger partial charge on any atom is -0.451 e. The summed E-state index contributed by atoms with van der Waals surface area (Å²) in [5.41, 5.74) is -0.436. The first-order valence-corrected chi connectivity index (χ1v) is 5.19. The first-order chi connectivity index (χ1) is 6.64. The summed E-state index contributed by atoms with van der Waals surface area (Å²) in [5, 5.41) is 5.67. The third-order valence-corrected chi connectivity index (χ3v) is 2.90. The van der Waals surface area contributed by atoms with E-state index in [4.69, 9.17) is 4.74 Å². The van der Waals surface area contributed by atoms with E-state index >= 15 is 0 Å². The molecule has 0 atom stereocenters. The molecule has 1 spiro atoms. The molecule has 1 saturated carbocycles. The summed E-state index contributed by atoms with van der Waals surface area (Å²) < 4.78 is 5.72. The first kappa shape index (κ1) is 9.49. The van der Waals surface area contributed by atoms with Crippen LogP contribution in [0.1, 0.15) is 46.0 Å². The minimum absolute atomic E-state index is 0.0243. The van der Waals surface area contributed by atoms with E-state index in [9.17, 15) is 4.79 Å². The lowest BCUT2D eigenvalue weighted by Gasteiger charge is -2.37. The van der Waals surface area contributed by atoms with Gasteiger partial charge in [-0.15, -0.1) is 5.10 Å². The van der Waals surface area contributed by atoms with E-state index in [0.29, 0.717) is 5.90 Å². The predicted molar refractivity (Wildman–Crippen MR) is 52.5 cm³/mol. The molecule has 0 N–H and O–H groups in total. The molecule has 1 fully saturated rings. The number of rotatable bonds is 0. The van der Waals surface area contributed by atoms with Gasteiger partial charge in [0.05, 0.1) is 0 Å². The maximum Gasteiger partial charge on any atom is 0.243 e. The second-order valence-corrected chi connectivity index (χ2v) is 4.06. The van der Waals surface area contributed by atoms with Crippen molar-refractivity contribution in [3.63, 3.8) is 0 Å². The van der Waals surface area contributed by atoms with Crippen molar-refractivity contribution in [2.75, 3.05) is 0 Å². The Morgan fingerprint density at radius 2 is 2.07 bits per heavy atom. The van der Waals surface area contributed by atoms with E-state index in [-0.39, 0.29) is 5.91 Å². The summed E-state index contributed by atoms with van der Waals surface area (Å²) in [6.45, 7) is 3.35. The lowest BCUT2D eigenvalue weighted by Crippen LogP contribution is -2.47. The zero-order valence-corrected chi connectivity index (χ0v) is 8.75. The van der Waals surface area contributed by atoms with Gasteiger partial charge in [0.25, 0.3) is 0 Å². The molecule has 2 aliphatic rings. The molecular formula is C10H16N2O2. The highest BCUT2D eigenvalue weighted by atomic mass is 16.6. The van der Waals surface area contributed by atoms with Crippen LogP contribution in [0.3, 0.4) is 0 Å². The largest absolute Gasteiger partial charge is 0.451 e. The molecule has 0 unspecified atom stereocenters. The van der Waals surface area contributed by atoms with Gasteiger partial charge in [0, 0.05) is 26.7 Å². The molecule has 14 heavy (non-hydrogen) atoms. The van der Waals surface area contributed by atoms with Crippen LogP contribution >= 0.6 is 0 Å². The van der Waals surface area contributed by atoms with Crippen molar-refractivity contribution >= 4 is 11.8 Å². The Kier molecular flexibility index (Phi) is 2.21. The molecule has 0 bridgehead atoms. The predicted octanol–water partition coefficient (Wildman–Crippen LogP) is 1.86. The normalized spacial score (nSPS) is 24.7. The monoisotopic (exact) mass is 196 g/mol. The zero-order valence-electron chi connectivity index (χ0n) is 8.75. The van der Waals surface area contributed by atoms with E-state index in [0.717, 1.165) is 25.7 Å². The van der Waals surface area contributed by atoms with Gasteiger partial charge in [0.15, 0.2) is 0 Å². The maximum atomic E-state index is 11.4. The van der Waals surface area contributed by atoms with E-state index in [1.54, 1.807) is 13.8 Å². The summed E-state index contributed by atoms with van der Waals surface area (Å²) in [6, 6.07) is 0. The van der Waals surface area contributed by atoms with E-state index in [1.807, 2.05) is 0 Å². The molecule has 0 radical (unpaired) electrons. The number of carbonyl (C=O) groups is 1. The van der Waals surface area contributed by atoms with Crippen LogP contribution in [-0.4, -0.2) is 22.5 Å². The minimum atomic E-state index is -0.436. The third-order valence-electron chi connectivity index (χ3n) is 2.90. The SMILES string of the molecule is CC(=O)N1N=C(C)OC12CCCCC2. The molecule has 1 aliphatic heterocycles. The van der Waals surface area contributed by atoms with Gasteiger partial charge in [-0.25, -0.2) is 0 Å². The summed E-state index contributed by atoms with van der Waals surface area (Å²) in [6.07, 6.45) is 5.29. The summed E-state index contributed by atoms with van der Waals surface area (Å²) in [7, 11) is 0. The Bertz CT molecular complexity index is 280. The van der Waals surface area contributed by atoms with Crippen molar-refractivity contribution in [1.29, 1.82) is 0 Å². The van der Waals surface area contributed by atoms with Gasteiger partial charge in [-0.2, -0.15) is 5.01 Å². The Morgan fingerprint density at radius 3 is 2.64 bits per heavy atom. The van der Waals surface area contributed by atoms with Crippen LogP contribution in [0.5, 0.6) is 0 Å². The molecule has 0 saturated heterocycles. The van der Waals surface area contributed by atoms with Crippen molar-refractivity contribution in [3.05, 3.63) is 0 Å². The summed E-state index contributed by atoms with van der Waals surface area (Å²) >= 11 is 0. The number of carbonyl (C=O) groups excluding carboxylic acids is 1. The third kappa shape index (κ3) is 1.38. The average Bonchev–Trinajstić information content (AvgIpc) is 2.44. The smallest absolute Gasteiger partial charge is 0.243 e. The van der Waals surface area contributed by atoms with Crippen molar-refractivity contribution in [3.8, 4) is 0 Å². The van der Waals surface area contributed by atoms with Gasteiger partial charge >= 0.3 is 0 Å². The number of hydrogen-bond acceptors (Lipinski definition) is 3. The Morgan fingerprint density at radius 1 is 1.43 bits per heavy atom. The van der Waals surface area contributed by atoms with Crippen molar-refractivity contribution in [2.45, 2.75) is 51.7 Å². The highest BCUT2D eigenvalue weighted by molar-refractivity contribution is 5.81. The molecule has 4 heteroatoms. The first-order valence-electron chi connectivity index (χ1n) is 5.19. The molecule has 2 rings (SSSR count). The molecule has 0 aromatic rings. The van der Waals surface area contributed by atoms with Gasteiger partial charge in [0.2, 0.25) is 17.5 Å². The number of ether oxygens (including phenoxy) is 1. The standard InChI is InChI=1S/C10H16N2O2/c1-8-11-12(9(2)13)10(14-8)6-4-3-5-7-10/h3-7H2,1-2H3. The van der Waals surface area contributed by atoms with E-state index < -0.39 is 5.72 Å². The highest BCUT2D eigenvalue weighted by Crippen LogP contribution is 2.38. The van der Waals surface area contributed by atoms with Gasteiger partial charge in [-0.3, -0.25) is 4.79 Å². The average molecular weight is 196 g/mol. The quantitative estimate of drug-likeness (QED) is 0.593. The number of hydrazone groups is 1. The second-order valence-electron chi connectivity index (χ2n) is 4.06. The number of amides is 1. The van der Waals surface area contributed by atoms with E-state index in [1.165, 1.54) is 11.4 Å². The Labute approximate surface area is 83.9 Å². The van der Waals surface area contributed by atoms with Crippen LogP contribution in [0.2, 0.25) is 0 Å². The fraction of sp³-hybridized carbons (Fsp3) is 0.800. The summed E-state index contributed by atoms with van der Waals surface area (Å²) in [5.74, 6) is 0.589. The van der Waals surface area contributed by atoms with Crippen LogP contribution in [-0.2, 0) is 9.53 Å². The van der Waals surface area contributed by atoms with E-state index in [2.05, 4.69) is 5.10 Å². The van der Waals surface area contributed by atoms with Crippen molar-refractivity contribution in [2.24, 2.45) is 5.10 Å². The Hall–Kier alpha value is -1.06. The molecule has 0 aromatic heterocycles. The maximum absolute atomic E-state index is 11.4. The fourth-order valence-electron chi connectivity index (χ4n) is 2.35. The molecule has 4 nitrogen and oxygen atoms in total. The van der Waals surface area contributed by atoms with Crippen LogP contribution in [0, 0.1) is 0 Å². The zero-order chi connectivity index (χ0) is 10.2. The van der Waals surface area contributed by atoms with Crippen LogP contribution in [0.15, 0.2) is 5.10 Å². The van der Waals surface area contributed by atoms with Gasteiger partial charge in [-0.1, -0.05) is 6.42 Å². The van der Waals surface area contributed by atoms with Gasteiger partial charge in [0.1, 0.15) is 0 Å². The lowest BCUT2D eigenvalue weighted by atomic mass is 9.91. The molecule has 1 amide bonds. The van der Waals surface area contributed by atoms with Crippen LogP contribution < -0.4 is 0 Å². The topological polar surface area (TPSA) is 41.9 Å². The van der Waals surface area contributed by atoms with Crippen molar-refractivity contribution < 1.29 is 9.53 Å². The van der Waals surface area contributed by atoms with Gasteiger partial charge in [-0.05, 0) is 12.8 Å². The number of hydrogen-bond donors (Lipinski definition) is 0. The second kappa shape index (κ2) is 3.26. The molecule has 1 aliphatic carbocycles. The summed E-state index contributed by atoms with van der Waals surface area (Å²) in [4.78, 5) is 11.4. The molecule has 1 heterocycles. The molecular weight excluding hydrogens is 180 g/mol. The Balaban J connectivity index is 2.22. The number of nitrogens with zero attached hydrogens (tertiary/aromatic N) is 2.